The van der Waals surface area contributed by atoms with E-state index in [0.29, 0.717) is 16.5 Å². The summed E-state index contributed by atoms with van der Waals surface area (Å²) >= 11 is 12.5. The van der Waals surface area contributed by atoms with Gasteiger partial charge in [-0.1, -0.05) is 59.6 Å². The molecule has 2 nitrogen and oxygen atoms in total. The predicted octanol–water partition coefficient (Wildman–Crippen LogP) is 5.15. The average molecular weight is 348 g/mol. The molecule has 3 rings (SSSR count). The zero-order chi connectivity index (χ0) is 16.4. The molecule has 0 spiro atoms. The van der Waals surface area contributed by atoms with E-state index >= 15 is 0 Å². The minimum Gasteiger partial charge on any atom is -0.336 e. The van der Waals surface area contributed by atoms with E-state index in [1.54, 1.807) is 0 Å². The van der Waals surface area contributed by atoms with Crippen molar-refractivity contribution in [2.24, 2.45) is 5.92 Å². The van der Waals surface area contributed by atoms with Gasteiger partial charge < -0.3 is 4.90 Å². The second-order valence-corrected chi connectivity index (χ2v) is 6.82. The minimum atomic E-state index is -0.0430. The van der Waals surface area contributed by atoms with Crippen molar-refractivity contribution in [1.82, 2.24) is 4.90 Å². The molecule has 1 aliphatic rings. The van der Waals surface area contributed by atoms with Gasteiger partial charge in [-0.3, -0.25) is 4.79 Å². The van der Waals surface area contributed by atoms with E-state index in [1.165, 1.54) is 0 Å². The first-order chi connectivity index (χ1) is 11.1. The number of nitrogens with zero attached hydrogens (tertiary/aromatic N) is 1. The van der Waals surface area contributed by atoms with Crippen molar-refractivity contribution in [2.75, 3.05) is 6.54 Å². The number of halogens is 2. The summed E-state index contributed by atoms with van der Waals surface area (Å²) in [5.41, 5.74) is 2.04. The summed E-state index contributed by atoms with van der Waals surface area (Å²) in [4.78, 5) is 14.8. The topological polar surface area (TPSA) is 20.3 Å². The third kappa shape index (κ3) is 3.39. The molecular formula is C19H19Cl2NO. The largest absolute Gasteiger partial charge is 0.336 e. The Bertz CT molecular complexity index is 682. The van der Waals surface area contributed by atoms with Crippen molar-refractivity contribution < 1.29 is 4.79 Å². The Morgan fingerprint density at radius 3 is 2.39 bits per heavy atom. The summed E-state index contributed by atoms with van der Waals surface area (Å²) in [6, 6.07) is 15.7. The van der Waals surface area contributed by atoms with Gasteiger partial charge in [0.05, 0.1) is 6.04 Å². The summed E-state index contributed by atoms with van der Waals surface area (Å²) in [6.45, 7) is 2.86. The van der Waals surface area contributed by atoms with Gasteiger partial charge in [0.1, 0.15) is 0 Å². The number of carbonyl (C=O) groups is 1. The number of hydrogen-bond donors (Lipinski definition) is 0. The monoisotopic (exact) mass is 347 g/mol. The molecule has 1 heterocycles. The number of benzene rings is 2. The molecule has 0 aromatic heterocycles. The van der Waals surface area contributed by atoms with Gasteiger partial charge in [0, 0.05) is 22.5 Å². The normalized spacial score (nSPS) is 19.2. The van der Waals surface area contributed by atoms with Crippen LogP contribution in [0.15, 0.2) is 48.5 Å². The Morgan fingerprint density at radius 2 is 1.74 bits per heavy atom. The minimum absolute atomic E-state index is 0.0430. The summed E-state index contributed by atoms with van der Waals surface area (Å²) in [5.74, 6) is 0.149. The molecule has 0 radical (unpaired) electrons. The van der Waals surface area contributed by atoms with Crippen LogP contribution in [0.2, 0.25) is 10.0 Å². The first-order valence-corrected chi connectivity index (χ1v) is 8.62. The lowest BCUT2D eigenvalue weighted by Gasteiger charge is -2.25. The Labute approximate surface area is 147 Å². The number of carbonyl (C=O) groups excluding carboxylic acids is 1. The van der Waals surface area contributed by atoms with Crippen molar-refractivity contribution in [1.29, 1.82) is 0 Å². The molecule has 1 amide bonds. The highest BCUT2D eigenvalue weighted by Crippen LogP contribution is 2.33. The molecule has 0 bridgehead atoms. The first-order valence-electron chi connectivity index (χ1n) is 7.86. The van der Waals surface area contributed by atoms with Crippen LogP contribution in [0, 0.1) is 5.92 Å². The van der Waals surface area contributed by atoms with Crippen LogP contribution in [-0.4, -0.2) is 17.4 Å². The van der Waals surface area contributed by atoms with Gasteiger partial charge in [-0.2, -0.15) is 0 Å². The van der Waals surface area contributed by atoms with Crippen molar-refractivity contribution >= 4 is 29.1 Å². The Hall–Kier alpha value is -1.51. The fraction of sp³-hybridized carbons (Fsp3) is 0.316. The lowest BCUT2D eigenvalue weighted by atomic mass is 9.98. The highest BCUT2D eigenvalue weighted by atomic mass is 35.5. The van der Waals surface area contributed by atoms with E-state index in [4.69, 9.17) is 23.2 Å². The van der Waals surface area contributed by atoms with Gasteiger partial charge >= 0.3 is 0 Å². The molecule has 2 aromatic rings. The van der Waals surface area contributed by atoms with E-state index in [9.17, 15) is 4.79 Å². The molecule has 2 atom stereocenters. The quantitative estimate of drug-likeness (QED) is 0.749. The second kappa shape index (κ2) is 6.94. The molecule has 1 saturated heterocycles. The Kier molecular flexibility index (Phi) is 4.93. The van der Waals surface area contributed by atoms with Gasteiger partial charge in [-0.15, -0.1) is 0 Å². The molecule has 2 aromatic carbocycles. The van der Waals surface area contributed by atoms with E-state index in [1.807, 2.05) is 41.3 Å². The SMILES string of the molecule is C[C@@H](c1ccccc1)N1CC[C@H](Cc2c(Cl)cccc2Cl)C1=O. The molecule has 23 heavy (non-hydrogen) atoms. The molecule has 0 aliphatic carbocycles. The fourth-order valence-electron chi connectivity index (χ4n) is 3.22. The average Bonchev–Trinajstić information content (AvgIpc) is 2.92. The van der Waals surface area contributed by atoms with Gasteiger partial charge in [0.15, 0.2) is 0 Å². The van der Waals surface area contributed by atoms with Crippen molar-refractivity contribution in [2.45, 2.75) is 25.8 Å². The highest BCUT2D eigenvalue weighted by molar-refractivity contribution is 6.36. The van der Waals surface area contributed by atoms with E-state index in [2.05, 4.69) is 19.1 Å². The van der Waals surface area contributed by atoms with Crippen molar-refractivity contribution in [3.05, 3.63) is 69.7 Å². The molecule has 1 aliphatic heterocycles. The third-order valence-electron chi connectivity index (χ3n) is 4.61. The predicted molar refractivity (Wildman–Crippen MR) is 94.8 cm³/mol. The molecule has 0 unspecified atom stereocenters. The van der Waals surface area contributed by atoms with Crippen LogP contribution in [0.5, 0.6) is 0 Å². The number of likely N-dealkylation sites (tertiary alicyclic amines) is 1. The van der Waals surface area contributed by atoms with Crippen LogP contribution in [-0.2, 0) is 11.2 Å². The molecule has 4 heteroatoms. The maximum absolute atomic E-state index is 12.8. The molecule has 0 saturated carbocycles. The van der Waals surface area contributed by atoms with Gasteiger partial charge in [0.25, 0.3) is 0 Å². The Balaban J connectivity index is 1.74. The summed E-state index contributed by atoms with van der Waals surface area (Å²) in [7, 11) is 0. The van der Waals surface area contributed by atoms with Crippen LogP contribution in [0.4, 0.5) is 0 Å². The second-order valence-electron chi connectivity index (χ2n) is 6.01. The molecule has 0 N–H and O–H groups in total. The zero-order valence-electron chi connectivity index (χ0n) is 13.0. The number of amides is 1. The lowest BCUT2D eigenvalue weighted by Crippen LogP contribution is -2.30. The Morgan fingerprint density at radius 1 is 1.09 bits per heavy atom. The van der Waals surface area contributed by atoms with Crippen molar-refractivity contribution in [3.63, 3.8) is 0 Å². The maximum Gasteiger partial charge on any atom is 0.226 e. The number of hydrogen-bond acceptors (Lipinski definition) is 1. The van der Waals surface area contributed by atoms with Crippen LogP contribution in [0.3, 0.4) is 0 Å². The summed E-state index contributed by atoms with van der Waals surface area (Å²) in [6.07, 6.45) is 1.45. The third-order valence-corrected chi connectivity index (χ3v) is 5.32. The molecule has 1 fully saturated rings. The molecule has 120 valence electrons. The van der Waals surface area contributed by atoms with Crippen LogP contribution in [0.25, 0.3) is 0 Å². The fourth-order valence-corrected chi connectivity index (χ4v) is 3.77. The van der Waals surface area contributed by atoms with E-state index in [-0.39, 0.29) is 17.9 Å². The van der Waals surface area contributed by atoms with Crippen molar-refractivity contribution in [3.8, 4) is 0 Å². The van der Waals surface area contributed by atoms with Gasteiger partial charge in [0.2, 0.25) is 5.91 Å². The van der Waals surface area contributed by atoms with Crippen LogP contribution < -0.4 is 0 Å². The van der Waals surface area contributed by atoms with Crippen LogP contribution >= 0.6 is 23.2 Å². The zero-order valence-corrected chi connectivity index (χ0v) is 14.5. The van der Waals surface area contributed by atoms with E-state index in [0.717, 1.165) is 24.1 Å². The maximum atomic E-state index is 12.8. The number of rotatable bonds is 4. The van der Waals surface area contributed by atoms with Crippen LogP contribution in [0.1, 0.15) is 30.5 Å². The van der Waals surface area contributed by atoms with Gasteiger partial charge in [-0.05, 0) is 43.0 Å². The summed E-state index contributed by atoms with van der Waals surface area (Å²) in [5, 5.41) is 1.28. The first kappa shape index (κ1) is 16.4. The smallest absolute Gasteiger partial charge is 0.226 e. The molecular weight excluding hydrogens is 329 g/mol. The summed E-state index contributed by atoms with van der Waals surface area (Å²) < 4.78 is 0. The lowest BCUT2D eigenvalue weighted by molar-refractivity contribution is -0.132. The standard InChI is InChI=1S/C19H19Cl2NO/c1-13(14-6-3-2-4-7-14)22-11-10-15(19(22)23)12-16-17(20)8-5-9-18(16)21/h2-9,13,15H,10-12H2,1H3/t13-,15+/m0/s1. The highest BCUT2D eigenvalue weighted by Gasteiger charge is 2.35. The van der Waals surface area contributed by atoms with Gasteiger partial charge in [-0.25, -0.2) is 0 Å². The van der Waals surface area contributed by atoms with E-state index < -0.39 is 0 Å².